The molecule has 0 unspecified atom stereocenters. The summed E-state index contributed by atoms with van der Waals surface area (Å²) in [7, 11) is 1.84. The fraction of sp³-hybridized carbons (Fsp3) is 0.455. The van der Waals surface area contributed by atoms with Crippen molar-refractivity contribution in [3.8, 4) is 0 Å². The number of likely N-dealkylation sites (tertiary alicyclic amines) is 1. The fourth-order valence-electron chi connectivity index (χ4n) is 2.22. The topological polar surface area (TPSA) is 59.2 Å². The molecule has 1 saturated heterocycles. The molecule has 4 heteroatoms. The molecule has 2 N–H and O–H groups in total. The van der Waals surface area contributed by atoms with Crippen molar-refractivity contribution in [2.24, 2.45) is 11.7 Å². The van der Waals surface area contributed by atoms with Crippen LogP contribution in [0.1, 0.15) is 18.0 Å². The molecule has 15 heavy (non-hydrogen) atoms. The average Bonchev–Trinajstić information content (AvgIpc) is 2.56. The predicted octanol–water partition coefficient (Wildman–Crippen LogP) is 0.560. The zero-order chi connectivity index (χ0) is 10.8. The Morgan fingerprint density at radius 3 is 2.80 bits per heavy atom. The highest BCUT2D eigenvalue weighted by molar-refractivity contribution is 5.79. The van der Waals surface area contributed by atoms with E-state index in [9.17, 15) is 4.79 Å². The number of nitrogens with two attached hydrogens (primary N) is 1. The van der Waals surface area contributed by atoms with Crippen LogP contribution in [0.25, 0.3) is 0 Å². The molecular formula is C11H15N3O. The van der Waals surface area contributed by atoms with Crippen molar-refractivity contribution in [2.75, 3.05) is 13.6 Å². The molecule has 0 radical (unpaired) electrons. The van der Waals surface area contributed by atoms with E-state index in [1.807, 2.05) is 19.2 Å². The highest BCUT2D eigenvalue weighted by Gasteiger charge is 2.37. The maximum atomic E-state index is 11.6. The summed E-state index contributed by atoms with van der Waals surface area (Å²) in [5.41, 5.74) is 6.81. The zero-order valence-electron chi connectivity index (χ0n) is 8.76. The number of carbonyl (C=O) groups is 1. The number of carbonyl (C=O) groups excluding carboxylic acids is 1. The smallest absolute Gasteiger partial charge is 0.223 e. The Kier molecular flexibility index (Phi) is 2.68. The molecule has 1 aliphatic rings. The number of hydrogen-bond acceptors (Lipinski definition) is 3. The van der Waals surface area contributed by atoms with Gasteiger partial charge >= 0.3 is 0 Å². The molecule has 2 atom stereocenters. The van der Waals surface area contributed by atoms with Crippen molar-refractivity contribution >= 4 is 5.91 Å². The first-order chi connectivity index (χ1) is 7.24. The van der Waals surface area contributed by atoms with Gasteiger partial charge in [-0.2, -0.15) is 0 Å². The third-order valence-corrected chi connectivity index (χ3v) is 3.04. The van der Waals surface area contributed by atoms with E-state index in [1.54, 1.807) is 17.3 Å². The summed E-state index contributed by atoms with van der Waals surface area (Å²) in [6.07, 6.45) is 4.05. The Labute approximate surface area is 89.1 Å². The lowest BCUT2D eigenvalue weighted by molar-refractivity contribution is -0.127. The van der Waals surface area contributed by atoms with Gasteiger partial charge in [-0.1, -0.05) is 0 Å². The number of aromatic nitrogens is 1. The highest BCUT2D eigenvalue weighted by atomic mass is 16.2. The lowest BCUT2D eigenvalue weighted by Crippen LogP contribution is -2.26. The average molecular weight is 205 g/mol. The van der Waals surface area contributed by atoms with E-state index >= 15 is 0 Å². The maximum Gasteiger partial charge on any atom is 0.223 e. The van der Waals surface area contributed by atoms with E-state index in [4.69, 9.17) is 5.73 Å². The largest absolute Gasteiger partial charge is 0.338 e. The van der Waals surface area contributed by atoms with Gasteiger partial charge in [0.15, 0.2) is 0 Å². The number of rotatable bonds is 2. The van der Waals surface area contributed by atoms with Crippen molar-refractivity contribution < 1.29 is 4.79 Å². The SMILES string of the molecule is CN1C(=O)C[C@@H](CN)[C@H]1c1ccncc1. The van der Waals surface area contributed by atoms with Crippen molar-refractivity contribution in [1.29, 1.82) is 0 Å². The summed E-state index contributed by atoms with van der Waals surface area (Å²) in [6.45, 7) is 0.545. The molecule has 1 aromatic heterocycles. The Morgan fingerprint density at radius 2 is 2.20 bits per heavy atom. The van der Waals surface area contributed by atoms with Gasteiger partial charge in [-0.15, -0.1) is 0 Å². The first-order valence-corrected chi connectivity index (χ1v) is 5.09. The molecule has 80 valence electrons. The van der Waals surface area contributed by atoms with E-state index in [-0.39, 0.29) is 17.9 Å². The molecule has 0 aliphatic carbocycles. The first-order valence-electron chi connectivity index (χ1n) is 5.09. The van der Waals surface area contributed by atoms with Gasteiger partial charge < -0.3 is 10.6 Å². The second-order valence-electron chi connectivity index (χ2n) is 3.93. The molecule has 0 spiro atoms. The Hall–Kier alpha value is -1.42. The van der Waals surface area contributed by atoms with Crippen LogP contribution in [0.3, 0.4) is 0 Å². The van der Waals surface area contributed by atoms with Crippen molar-refractivity contribution in [3.63, 3.8) is 0 Å². The van der Waals surface area contributed by atoms with E-state index in [0.717, 1.165) is 5.56 Å². The Bertz CT molecular complexity index is 352. The lowest BCUT2D eigenvalue weighted by Gasteiger charge is -2.24. The maximum absolute atomic E-state index is 11.6. The molecule has 0 saturated carbocycles. The minimum absolute atomic E-state index is 0.116. The van der Waals surface area contributed by atoms with Gasteiger partial charge in [-0.25, -0.2) is 0 Å². The van der Waals surface area contributed by atoms with E-state index in [0.29, 0.717) is 13.0 Å². The third kappa shape index (κ3) is 1.72. The van der Waals surface area contributed by atoms with E-state index < -0.39 is 0 Å². The van der Waals surface area contributed by atoms with Crippen LogP contribution in [0.2, 0.25) is 0 Å². The molecule has 1 aliphatic heterocycles. The number of pyridine rings is 1. The molecule has 2 rings (SSSR count). The molecule has 1 aromatic rings. The number of hydrogen-bond donors (Lipinski definition) is 1. The van der Waals surface area contributed by atoms with Crippen LogP contribution < -0.4 is 5.73 Å². The van der Waals surface area contributed by atoms with Crippen molar-refractivity contribution in [1.82, 2.24) is 9.88 Å². The van der Waals surface area contributed by atoms with Gasteiger partial charge in [-0.05, 0) is 24.2 Å². The molecule has 1 fully saturated rings. The minimum atomic E-state index is 0.116. The highest BCUT2D eigenvalue weighted by Crippen LogP contribution is 2.35. The van der Waals surface area contributed by atoms with E-state index in [2.05, 4.69) is 4.98 Å². The minimum Gasteiger partial charge on any atom is -0.338 e. The normalized spacial score (nSPS) is 26.0. The van der Waals surface area contributed by atoms with Crippen LogP contribution in [-0.2, 0) is 4.79 Å². The second kappa shape index (κ2) is 3.98. The second-order valence-corrected chi connectivity index (χ2v) is 3.93. The van der Waals surface area contributed by atoms with Crippen LogP contribution in [0.15, 0.2) is 24.5 Å². The Balaban J connectivity index is 2.30. The molecule has 1 amide bonds. The molecule has 2 heterocycles. The molecule has 4 nitrogen and oxygen atoms in total. The van der Waals surface area contributed by atoms with Gasteiger partial charge in [0.2, 0.25) is 5.91 Å². The van der Waals surface area contributed by atoms with Crippen LogP contribution in [0, 0.1) is 5.92 Å². The van der Waals surface area contributed by atoms with Crippen LogP contribution in [0.4, 0.5) is 0 Å². The van der Waals surface area contributed by atoms with Crippen LogP contribution in [-0.4, -0.2) is 29.4 Å². The van der Waals surface area contributed by atoms with Gasteiger partial charge in [0.1, 0.15) is 0 Å². The number of nitrogens with zero attached hydrogens (tertiary/aromatic N) is 2. The third-order valence-electron chi connectivity index (χ3n) is 3.04. The quantitative estimate of drug-likeness (QED) is 0.767. The van der Waals surface area contributed by atoms with E-state index in [1.165, 1.54) is 0 Å². The zero-order valence-corrected chi connectivity index (χ0v) is 8.76. The van der Waals surface area contributed by atoms with Gasteiger partial charge in [0.05, 0.1) is 6.04 Å². The summed E-state index contributed by atoms with van der Waals surface area (Å²) >= 11 is 0. The van der Waals surface area contributed by atoms with Gasteiger partial charge in [-0.3, -0.25) is 9.78 Å². The summed E-state index contributed by atoms with van der Waals surface area (Å²) in [5.74, 6) is 0.400. The van der Waals surface area contributed by atoms with Crippen molar-refractivity contribution in [2.45, 2.75) is 12.5 Å². The van der Waals surface area contributed by atoms with Crippen molar-refractivity contribution in [3.05, 3.63) is 30.1 Å². The summed E-state index contributed by atoms with van der Waals surface area (Å²) in [5, 5.41) is 0. The number of amides is 1. The molecule has 0 aromatic carbocycles. The Morgan fingerprint density at radius 1 is 1.53 bits per heavy atom. The van der Waals surface area contributed by atoms with Crippen LogP contribution in [0.5, 0.6) is 0 Å². The lowest BCUT2D eigenvalue weighted by atomic mass is 9.95. The molecule has 0 bridgehead atoms. The monoisotopic (exact) mass is 205 g/mol. The summed E-state index contributed by atoms with van der Waals surface area (Å²) < 4.78 is 0. The van der Waals surface area contributed by atoms with Gasteiger partial charge in [0.25, 0.3) is 0 Å². The fourth-order valence-corrected chi connectivity index (χ4v) is 2.22. The predicted molar refractivity (Wildman–Crippen MR) is 56.9 cm³/mol. The summed E-state index contributed by atoms with van der Waals surface area (Å²) in [6, 6.07) is 4.01. The standard InChI is InChI=1S/C11H15N3O/c1-14-10(15)6-9(7-12)11(14)8-2-4-13-5-3-8/h2-5,9,11H,6-7,12H2,1H3/t9-,11+/m0/s1. The first kappa shape index (κ1) is 10.1. The molecular weight excluding hydrogens is 190 g/mol. The van der Waals surface area contributed by atoms with Crippen LogP contribution >= 0.6 is 0 Å². The summed E-state index contributed by atoms with van der Waals surface area (Å²) in [4.78, 5) is 17.3. The van der Waals surface area contributed by atoms with Gasteiger partial charge in [0, 0.05) is 31.8 Å².